The van der Waals surface area contributed by atoms with Crippen molar-refractivity contribution in [3.63, 3.8) is 0 Å². The molecule has 0 aliphatic heterocycles. The third kappa shape index (κ3) is 6.25. The minimum Gasteiger partial charge on any atom is -0.462 e. The fourth-order valence-electron chi connectivity index (χ4n) is 2.42. The van der Waals surface area contributed by atoms with Crippen LogP contribution in [-0.2, 0) is 25.6 Å². The number of hydrogen-bond acceptors (Lipinski definition) is 6. The second kappa shape index (κ2) is 9.51. The van der Waals surface area contributed by atoms with Crippen LogP contribution in [0.3, 0.4) is 0 Å². The van der Waals surface area contributed by atoms with Crippen LogP contribution in [0.25, 0.3) is 0 Å². The quantitative estimate of drug-likeness (QED) is 0.713. The minimum absolute atomic E-state index is 0.128. The Kier molecular flexibility index (Phi) is 7.10. The first-order chi connectivity index (χ1) is 12.9. The van der Waals surface area contributed by atoms with Gasteiger partial charge in [0, 0.05) is 11.4 Å². The predicted molar refractivity (Wildman–Crippen MR) is 98.3 cm³/mol. The molecule has 8 heteroatoms. The lowest BCUT2D eigenvalue weighted by atomic mass is 10.2. The van der Waals surface area contributed by atoms with Gasteiger partial charge in [0.25, 0.3) is 5.91 Å². The van der Waals surface area contributed by atoms with Gasteiger partial charge in [-0.1, -0.05) is 0 Å². The summed E-state index contributed by atoms with van der Waals surface area (Å²) in [5, 5.41) is 6.86. The Labute approximate surface area is 157 Å². The van der Waals surface area contributed by atoms with Crippen molar-refractivity contribution < 1.29 is 23.9 Å². The van der Waals surface area contributed by atoms with Crippen molar-refractivity contribution in [3.8, 4) is 0 Å². The van der Waals surface area contributed by atoms with Crippen molar-refractivity contribution >= 4 is 23.5 Å². The first-order valence-corrected chi connectivity index (χ1v) is 8.62. The highest BCUT2D eigenvalue weighted by molar-refractivity contribution is 5.94. The van der Waals surface area contributed by atoms with E-state index >= 15 is 0 Å². The maximum absolute atomic E-state index is 11.9. The molecule has 0 fully saturated rings. The normalized spacial score (nSPS) is 10.3. The van der Waals surface area contributed by atoms with Crippen LogP contribution in [-0.4, -0.2) is 40.8 Å². The molecule has 0 saturated carbocycles. The monoisotopic (exact) mass is 373 g/mol. The van der Waals surface area contributed by atoms with Gasteiger partial charge in [-0.05, 0) is 51.1 Å². The zero-order chi connectivity index (χ0) is 19.8. The lowest BCUT2D eigenvalue weighted by molar-refractivity contribution is -0.147. The van der Waals surface area contributed by atoms with Crippen molar-refractivity contribution in [2.45, 2.75) is 33.7 Å². The van der Waals surface area contributed by atoms with Crippen molar-refractivity contribution in [2.24, 2.45) is 0 Å². The Morgan fingerprint density at radius 2 is 1.81 bits per heavy atom. The van der Waals surface area contributed by atoms with Crippen LogP contribution in [0.15, 0.2) is 30.3 Å². The Balaban J connectivity index is 1.74. The van der Waals surface area contributed by atoms with Crippen molar-refractivity contribution in [1.82, 2.24) is 9.78 Å². The summed E-state index contributed by atoms with van der Waals surface area (Å²) >= 11 is 0. The van der Waals surface area contributed by atoms with Crippen LogP contribution >= 0.6 is 0 Å². The van der Waals surface area contributed by atoms with E-state index in [1.807, 2.05) is 19.9 Å². The second-order valence-electron chi connectivity index (χ2n) is 5.91. The molecule has 8 nitrogen and oxygen atoms in total. The maximum Gasteiger partial charge on any atom is 0.338 e. The van der Waals surface area contributed by atoms with E-state index in [-0.39, 0.29) is 13.0 Å². The van der Waals surface area contributed by atoms with Crippen LogP contribution in [0.1, 0.15) is 35.1 Å². The highest BCUT2D eigenvalue weighted by atomic mass is 16.5. The van der Waals surface area contributed by atoms with Crippen LogP contribution in [0.2, 0.25) is 0 Å². The van der Waals surface area contributed by atoms with Gasteiger partial charge in [-0.15, -0.1) is 0 Å². The number of aryl methyl sites for hydroxylation is 3. The summed E-state index contributed by atoms with van der Waals surface area (Å²) in [5.41, 5.74) is 2.73. The van der Waals surface area contributed by atoms with Gasteiger partial charge < -0.3 is 14.8 Å². The van der Waals surface area contributed by atoms with E-state index in [9.17, 15) is 14.4 Å². The van der Waals surface area contributed by atoms with E-state index in [0.29, 0.717) is 24.4 Å². The number of amides is 1. The third-order valence-corrected chi connectivity index (χ3v) is 3.68. The number of carbonyl (C=O) groups is 3. The van der Waals surface area contributed by atoms with Gasteiger partial charge in [0.15, 0.2) is 6.61 Å². The average molecular weight is 373 g/mol. The molecule has 0 aliphatic carbocycles. The van der Waals surface area contributed by atoms with Gasteiger partial charge in [0.2, 0.25) is 0 Å². The Morgan fingerprint density at radius 3 is 2.41 bits per heavy atom. The molecule has 27 heavy (non-hydrogen) atoms. The number of rotatable bonds is 8. The summed E-state index contributed by atoms with van der Waals surface area (Å²) < 4.78 is 11.6. The van der Waals surface area contributed by atoms with Gasteiger partial charge in [-0.2, -0.15) is 5.10 Å². The lowest BCUT2D eigenvalue weighted by Gasteiger charge is -2.08. The molecule has 0 saturated heterocycles. The third-order valence-electron chi connectivity index (χ3n) is 3.68. The molecule has 0 radical (unpaired) electrons. The molecule has 2 rings (SSSR count). The second-order valence-corrected chi connectivity index (χ2v) is 5.91. The van der Waals surface area contributed by atoms with Crippen molar-refractivity contribution in [2.75, 3.05) is 18.5 Å². The molecule has 0 spiro atoms. The summed E-state index contributed by atoms with van der Waals surface area (Å²) in [6.45, 7) is 5.83. The molecule has 1 aromatic heterocycles. The van der Waals surface area contributed by atoms with Crippen molar-refractivity contribution in [3.05, 3.63) is 47.3 Å². The molecule has 0 atom stereocenters. The Hall–Kier alpha value is -3.16. The number of esters is 2. The number of aromatic nitrogens is 2. The fraction of sp³-hybridized carbons (Fsp3) is 0.368. The van der Waals surface area contributed by atoms with Crippen LogP contribution in [0.4, 0.5) is 5.69 Å². The minimum atomic E-state index is -0.477. The Morgan fingerprint density at radius 1 is 1.11 bits per heavy atom. The number of hydrogen-bond donors (Lipinski definition) is 1. The molecule has 1 amide bonds. The zero-order valence-corrected chi connectivity index (χ0v) is 15.7. The first kappa shape index (κ1) is 20.2. The van der Waals surface area contributed by atoms with E-state index in [2.05, 4.69) is 10.4 Å². The van der Waals surface area contributed by atoms with E-state index in [1.54, 1.807) is 35.9 Å². The number of ether oxygens (including phenoxy) is 2. The molecule has 1 heterocycles. The molecule has 0 bridgehead atoms. The summed E-state index contributed by atoms with van der Waals surface area (Å²) in [6.07, 6.45) is 0.128. The summed E-state index contributed by atoms with van der Waals surface area (Å²) in [7, 11) is 0. The van der Waals surface area contributed by atoms with Crippen LogP contribution in [0.5, 0.6) is 0 Å². The summed E-state index contributed by atoms with van der Waals surface area (Å²) in [5.74, 6) is -1.36. The van der Waals surface area contributed by atoms with Gasteiger partial charge in [-0.25, -0.2) is 4.79 Å². The number of nitrogens with zero attached hydrogens (tertiary/aromatic N) is 2. The van der Waals surface area contributed by atoms with Crippen molar-refractivity contribution in [1.29, 1.82) is 0 Å². The molecular formula is C19H23N3O5. The van der Waals surface area contributed by atoms with Crippen LogP contribution in [0, 0.1) is 13.8 Å². The number of carbonyl (C=O) groups excluding carboxylic acids is 3. The van der Waals surface area contributed by atoms with Gasteiger partial charge >= 0.3 is 11.9 Å². The zero-order valence-electron chi connectivity index (χ0n) is 15.7. The van der Waals surface area contributed by atoms with Gasteiger partial charge in [-0.3, -0.25) is 14.3 Å². The molecule has 0 unspecified atom stereocenters. The highest BCUT2D eigenvalue weighted by Gasteiger charge is 2.11. The van der Waals surface area contributed by atoms with Gasteiger partial charge in [0.1, 0.15) is 0 Å². The van der Waals surface area contributed by atoms with E-state index in [0.717, 1.165) is 11.4 Å². The largest absolute Gasteiger partial charge is 0.462 e. The predicted octanol–water partition coefficient (Wildman–Crippen LogP) is 2.25. The molecule has 144 valence electrons. The SMILES string of the molecule is CCOC(=O)c1ccc(NC(=O)COC(=O)CCn2nc(C)cc2C)cc1. The van der Waals surface area contributed by atoms with E-state index < -0.39 is 17.8 Å². The average Bonchev–Trinajstić information content (AvgIpc) is 2.96. The molecule has 2 aromatic rings. The van der Waals surface area contributed by atoms with Gasteiger partial charge in [0.05, 0.1) is 30.8 Å². The number of anilines is 1. The lowest BCUT2D eigenvalue weighted by Crippen LogP contribution is -2.21. The standard InChI is InChI=1S/C19H23N3O5/c1-4-26-19(25)15-5-7-16(8-6-15)20-17(23)12-27-18(24)9-10-22-14(3)11-13(2)21-22/h5-8,11H,4,9-10,12H2,1-3H3,(H,20,23). The highest BCUT2D eigenvalue weighted by Crippen LogP contribution is 2.10. The molecule has 0 aliphatic rings. The fourth-order valence-corrected chi connectivity index (χ4v) is 2.42. The molecule has 1 aromatic carbocycles. The number of nitrogens with one attached hydrogen (secondary N) is 1. The topological polar surface area (TPSA) is 99.5 Å². The maximum atomic E-state index is 11.9. The smallest absolute Gasteiger partial charge is 0.338 e. The number of benzene rings is 1. The summed E-state index contributed by atoms with van der Waals surface area (Å²) in [4.78, 5) is 35.2. The summed E-state index contributed by atoms with van der Waals surface area (Å²) in [6, 6.07) is 8.18. The van der Waals surface area contributed by atoms with E-state index in [1.165, 1.54) is 0 Å². The molecule has 1 N–H and O–H groups in total. The van der Waals surface area contributed by atoms with E-state index in [4.69, 9.17) is 9.47 Å². The Bertz CT molecular complexity index is 811. The van der Waals surface area contributed by atoms with Crippen LogP contribution < -0.4 is 5.32 Å². The molecular weight excluding hydrogens is 350 g/mol. The first-order valence-electron chi connectivity index (χ1n) is 8.62.